The lowest BCUT2D eigenvalue weighted by Crippen LogP contribution is -2.44. The first-order valence-electron chi connectivity index (χ1n) is 7.36. The van der Waals surface area contributed by atoms with Crippen LogP contribution in [0.3, 0.4) is 0 Å². The van der Waals surface area contributed by atoms with Crippen molar-refractivity contribution >= 4 is 0 Å². The molecule has 0 spiro atoms. The lowest BCUT2D eigenvalue weighted by Gasteiger charge is -2.34. The molecule has 2 N–H and O–H groups in total. The Balaban J connectivity index is 1.55. The summed E-state index contributed by atoms with van der Waals surface area (Å²) in [6.07, 6.45) is 4.20. The summed E-state index contributed by atoms with van der Waals surface area (Å²) in [5, 5.41) is 4.11. The van der Waals surface area contributed by atoms with Gasteiger partial charge < -0.3 is 10.3 Å². The summed E-state index contributed by atoms with van der Waals surface area (Å²) in [5.74, 6) is 2.37. The lowest BCUT2D eigenvalue weighted by atomic mass is 9.77. The van der Waals surface area contributed by atoms with E-state index in [0.29, 0.717) is 17.7 Å². The van der Waals surface area contributed by atoms with Gasteiger partial charge in [0.05, 0.1) is 5.54 Å². The van der Waals surface area contributed by atoms with Crippen molar-refractivity contribution in [1.29, 1.82) is 0 Å². The van der Waals surface area contributed by atoms with Crippen molar-refractivity contribution in [3.05, 3.63) is 47.1 Å². The number of rotatable bonds is 3. The van der Waals surface area contributed by atoms with E-state index < -0.39 is 0 Å². The molecule has 0 aliphatic heterocycles. The van der Waals surface area contributed by atoms with Crippen LogP contribution in [0.15, 0.2) is 28.8 Å². The average molecular weight is 269 g/mol. The molecule has 4 heteroatoms. The van der Waals surface area contributed by atoms with Gasteiger partial charge in [-0.2, -0.15) is 4.98 Å². The van der Waals surface area contributed by atoms with E-state index >= 15 is 0 Å². The maximum Gasteiger partial charge on any atom is 0.230 e. The molecule has 1 aromatic carbocycles. The van der Waals surface area contributed by atoms with Crippen LogP contribution in [0, 0.1) is 6.92 Å². The van der Waals surface area contributed by atoms with Crippen LogP contribution >= 0.6 is 0 Å². The Morgan fingerprint density at radius 3 is 2.75 bits per heavy atom. The van der Waals surface area contributed by atoms with Gasteiger partial charge in [0.2, 0.25) is 5.89 Å². The molecular weight excluding hydrogens is 250 g/mol. The molecule has 4 nitrogen and oxygen atoms in total. The van der Waals surface area contributed by atoms with Crippen LogP contribution in [0.4, 0.5) is 0 Å². The predicted octanol–water partition coefficient (Wildman–Crippen LogP) is 2.99. The van der Waals surface area contributed by atoms with Gasteiger partial charge in [0.25, 0.3) is 0 Å². The summed E-state index contributed by atoms with van der Waals surface area (Å²) in [4.78, 5) is 4.57. The van der Waals surface area contributed by atoms with E-state index in [1.54, 1.807) is 0 Å². The first-order chi connectivity index (χ1) is 9.67. The SMILES string of the molecule is Cc1ccccc1C1CC1c1nc(C2(N)CCC2)no1. The van der Waals surface area contributed by atoms with Crippen molar-refractivity contribution < 1.29 is 4.52 Å². The largest absolute Gasteiger partial charge is 0.339 e. The van der Waals surface area contributed by atoms with E-state index in [-0.39, 0.29) is 5.54 Å². The molecule has 104 valence electrons. The molecule has 2 saturated carbocycles. The fraction of sp³-hybridized carbons (Fsp3) is 0.500. The van der Waals surface area contributed by atoms with Gasteiger partial charge in [0, 0.05) is 5.92 Å². The Kier molecular flexibility index (Phi) is 2.51. The molecule has 2 atom stereocenters. The zero-order valence-corrected chi connectivity index (χ0v) is 11.7. The maximum atomic E-state index is 6.24. The number of aryl methyl sites for hydroxylation is 1. The summed E-state index contributed by atoms with van der Waals surface area (Å²) >= 11 is 0. The van der Waals surface area contributed by atoms with E-state index in [2.05, 4.69) is 41.3 Å². The zero-order valence-electron chi connectivity index (χ0n) is 11.7. The molecule has 0 radical (unpaired) electrons. The lowest BCUT2D eigenvalue weighted by molar-refractivity contribution is 0.229. The third-order valence-corrected chi connectivity index (χ3v) is 4.83. The van der Waals surface area contributed by atoms with Gasteiger partial charge in [-0.05, 0) is 49.7 Å². The van der Waals surface area contributed by atoms with Crippen LogP contribution in [-0.4, -0.2) is 10.1 Å². The molecule has 2 aromatic rings. The first-order valence-corrected chi connectivity index (χ1v) is 7.36. The van der Waals surface area contributed by atoms with Crippen molar-refractivity contribution in [3.8, 4) is 0 Å². The number of aromatic nitrogens is 2. The van der Waals surface area contributed by atoms with E-state index in [4.69, 9.17) is 10.3 Å². The fourth-order valence-corrected chi connectivity index (χ4v) is 3.18. The average Bonchev–Trinajstić information content (AvgIpc) is 3.05. The minimum atomic E-state index is -0.325. The fourth-order valence-electron chi connectivity index (χ4n) is 3.18. The van der Waals surface area contributed by atoms with Gasteiger partial charge in [0.1, 0.15) is 0 Å². The second-order valence-corrected chi connectivity index (χ2v) is 6.27. The third kappa shape index (κ3) is 1.79. The molecule has 0 amide bonds. The quantitative estimate of drug-likeness (QED) is 0.930. The molecule has 4 rings (SSSR count). The number of hydrogen-bond donors (Lipinski definition) is 1. The van der Waals surface area contributed by atoms with Crippen LogP contribution in [-0.2, 0) is 5.54 Å². The minimum absolute atomic E-state index is 0.325. The van der Waals surface area contributed by atoms with Gasteiger partial charge >= 0.3 is 0 Å². The van der Waals surface area contributed by atoms with Crippen molar-refractivity contribution in [2.24, 2.45) is 5.73 Å². The van der Waals surface area contributed by atoms with E-state index in [1.807, 2.05) is 0 Å². The summed E-state index contributed by atoms with van der Waals surface area (Å²) in [6, 6.07) is 8.54. The van der Waals surface area contributed by atoms with Crippen molar-refractivity contribution in [2.45, 2.75) is 50.0 Å². The standard InChI is InChI=1S/C16H19N3O/c1-10-5-2-3-6-11(10)12-9-13(12)14-18-15(19-20-14)16(17)7-4-8-16/h2-3,5-6,12-13H,4,7-9,17H2,1H3. The van der Waals surface area contributed by atoms with E-state index in [1.165, 1.54) is 11.1 Å². The Morgan fingerprint density at radius 1 is 1.25 bits per heavy atom. The van der Waals surface area contributed by atoms with Gasteiger partial charge in [-0.3, -0.25) is 0 Å². The number of hydrogen-bond acceptors (Lipinski definition) is 4. The predicted molar refractivity (Wildman–Crippen MR) is 75.3 cm³/mol. The van der Waals surface area contributed by atoms with Gasteiger partial charge in [0.15, 0.2) is 5.82 Å². The maximum absolute atomic E-state index is 6.24. The van der Waals surface area contributed by atoms with E-state index in [9.17, 15) is 0 Å². The van der Waals surface area contributed by atoms with Crippen LogP contribution in [0.25, 0.3) is 0 Å². The first kappa shape index (κ1) is 12.1. The summed E-state index contributed by atoms with van der Waals surface area (Å²) in [6.45, 7) is 2.16. The van der Waals surface area contributed by atoms with Crippen molar-refractivity contribution in [3.63, 3.8) is 0 Å². The molecule has 0 bridgehead atoms. The monoisotopic (exact) mass is 269 g/mol. The van der Waals surface area contributed by atoms with Crippen LogP contribution in [0.2, 0.25) is 0 Å². The van der Waals surface area contributed by atoms with Gasteiger partial charge in [-0.15, -0.1) is 0 Å². The third-order valence-electron chi connectivity index (χ3n) is 4.83. The van der Waals surface area contributed by atoms with Crippen molar-refractivity contribution in [2.75, 3.05) is 0 Å². The Bertz CT molecular complexity index is 645. The highest BCUT2D eigenvalue weighted by Crippen LogP contribution is 2.55. The Labute approximate surface area is 118 Å². The molecule has 2 fully saturated rings. The molecular formula is C16H19N3O. The highest BCUT2D eigenvalue weighted by Gasteiger charge is 2.46. The highest BCUT2D eigenvalue weighted by atomic mass is 16.5. The molecule has 2 aliphatic carbocycles. The van der Waals surface area contributed by atoms with Gasteiger partial charge in [-0.25, -0.2) is 0 Å². The minimum Gasteiger partial charge on any atom is -0.339 e. The highest BCUT2D eigenvalue weighted by molar-refractivity contribution is 5.36. The van der Waals surface area contributed by atoms with Gasteiger partial charge in [-0.1, -0.05) is 29.4 Å². The molecule has 2 unspecified atom stereocenters. The molecule has 2 aliphatic rings. The van der Waals surface area contributed by atoms with Crippen molar-refractivity contribution in [1.82, 2.24) is 10.1 Å². The smallest absolute Gasteiger partial charge is 0.230 e. The van der Waals surface area contributed by atoms with Crippen LogP contribution < -0.4 is 5.73 Å². The normalized spacial score (nSPS) is 27.1. The molecule has 20 heavy (non-hydrogen) atoms. The zero-order chi connectivity index (χ0) is 13.7. The molecule has 1 heterocycles. The second kappa shape index (κ2) is 4.16. The molecule has 1 aromatic heterocycles. The molecule has 0 saturated heterocycles. The second-order valence-electron chi connectivity index (χ2n) is 6.27. The van der Waals surface area contributed by atoms with Crippen LogP contribution in [0.5, 0.6) is 0 Å². The van der Waals surface area contributed by atoms with E-state index in [0.717, 1.165) is 31.6 Å². The number of nitrogens with two attached hydrogens (primary N) is 1. The number of nitrogens with zero attached hydrogens (tertiary/aromatic N) is 2. The number of benzene rings is 1. The summed E-state index contributed by atoms with van der Waals surface area (Å²) in [5.41, 5.74) is 8.67. The Hall–Kier alpha value is -1.68. The summed E-state index contributed by atoms with van der Waals surface area (Å²) in [7, 11) is 0. The summed E-state index contributed by atoms with van der Waals surface area (Å²) < 4.78 is 5.46. The Morgan fingerprint density at radius 2 is 2.05 bits per heavy atom. The topological polar surface area (TPSA) is 64.9 Å². The van der Waals surface area contributed by atoms with Crippen LogP contribution in [0.1, 0.15) is 60.4 Å².